The van der Waals surface area contributed by atoms with Gasteiger partial charge in [-0.3, -0.25) is 4.99 Å². The van der Waals surface area contributed by atoms with Crippen LogP contribution >= 0.6 is 11.3 Å². The van der Waals surface area contributed by atoms with Crippen molar-refractivity contribution in [3.05, 3.63) is 40.5 Å². The molecule has 0 saturated heterocycles. The molecule has 0 saturated carbocycles. The number of guanidine groups is 1. The third kappa shape index (κ3) is 2.65. The zero-order chi connectivity index (χ0) is 13.9. The molecule has 1 N–H and O–H groups in total. The molecule has 2 aromatic rings. The number of benzene rings is 1. The van der Waals surface area contributed by atoms with Crippen molar-refractivity contribution in [3.63, 3.8) is 0 Å². The SMILES string of the molecule is CN1CCN=C1NCc1nc(-c2ccccc2F)cs1. The number of rotatable bonds is 3. The van der Waals surface area contributed by atoms with Crippen LogP contribution in [0.5, 0.6) is 0 Å². The summed E-state index contributed by atoms with van der Waals surface area (Å²) in [7, 11) is 2.01. The van der Waals surface area contributed by atoms with Crippen molar-refractivity contribution in [3.8, 4) is 11.3 Å². The van der Waals surface area contributed by atoms with Gasteiger partial charge in [0.15, 0.2) is 5.96 Å². The van der Waals surface area contributed by atoms with Crippen molar-refractivity contribution in [1.29, 1.82) is 0 Å². The highest BCUT2D eigenvalue weighted by molar-refractivity contribution is 7.09. The van der Waals surface area contributed by atoms with Crippen LogP contribution in [0, 0.1) is 5.82 Å². The Hall–Kier alpha value is -1.95. The van der Waals surface area contributed by atoms with Gasteiger partial charge in [-0.05, 0) is 12.1 Å². The molecule has 1 aliphatic heterocycles. The van der Waals surface area contributed by atoms with E-state index >= 15 is 0 Å². The molecule has 0 aliphatic carbocycles. The summed E-state index contributed by atoms with van der Waals surface area (Å²) in [6, 6.07) is 6.70. The van der Waals surface area contributed by atoms with Crippen LogP contribution in [-0.4, -0.2) is 36.0 Å². The van der Waals surface area contributed by atoms with Gasteiger partial charge in [-0.25, -0.2) is 9.37 Å². The molecule has 0 bridgehead atoms. The van der Waals surface area contributed by atoms with E-state index in [1.54, 1.807) is 12.1 Å². The number of hydrogen-bond acceptors (Lipinski definition) is 5. The Morgan fingerprint density at radius 1 is 1.40 bits per heavy atom. The molecular weight excluding hydrogens is 275 g/mol. The van der Waals surface area contributed by atoms with E-state index in [-0.39, 0.29) is 5.82 Å². The average Bonchev–Trinajstić information content (AvgIpc) is 3.06. The van der Waals surface area contributed by atoms with Crippen LogP contribution in [0.4, 0.5) is 4.39 Å². The lowest BCUT2D eigenvalue weighted by Crippen LogP contribution is -2.35. The van der Waals surface area contributed by atoms with E-state index in [1.807, 2.05) is 18.5 Å². The fraction of sp³-hybridized carbons (Fsp3) is 0.286. The van der Waals surface area contributed by atoms with E-state index in [0.29, 0.717) is 17.8 Å². The molecule has 1 aromatic heterocycles. The molecule has 6 heteroatoms. The first-order valence-electron chi connectivity index (χ1n) is 6.43. The Kier molecular flexibility index (Phi) is 3.64. The Morgan fingerprint density at radius 3 is 3.00 bits per heavy atom. The van der Waals surface area contributed by atoms with Crippen LogP contribution in [0.1, 0.15) is 5.01 Å². The zero-order valence-corrected chi connectivity index (χ0v) is 12.0. The van der Waals surface area contributed by atoms with Crippen LogP contribution in [-0.2, 0) is 6.54 Å². The van der Waals surface area contributed by atoms with Crippen LogP contribution in [0.15, 0.2) is 34.6 Å². The van der Waals surface area contributed by atoms with E-state index in [0.717, 1.165) is 24.1 Å². The highest BCUT2D eigenvalue weighted by atomic mass is 32.1. The predicted molar refractivity (Wildman–Crippen MR) is 79.3 cm³/mol. The molecule has 0 radical (unpaired) electrons. The van der Waals surface area contributed by atoms with Gasteiger partial charge in [0.2, 0.25) is 0 Å². The van der Waals surface area contributed by atoms with Crippen LogP contribution in [0.2, 0.25) is 0 Å². The van der Waals surface area contributed by atoms with Gasteiger partial charge in [0.1, 0.15) is 10.8 Å². The Balaban J connectivity index is 1.70. The molecule has 0 unspecified atom stereocenters. The summed E-state index contributed by atoms with van der Waals surface area (Å²) >= 11 is 1.52. The van der Waals surface area contributed by atoms with Gasteiger partial charge in [-0.1, -0.05) is 12.1 Å². The first-order valence-corrected chi connectivity index (χ1v) is 7.31. The maximum absolute atomic E-state index is 13.7. The summed E-state index contributed by atoms with van der Waals surface area (Å²) in [5, 5.41) is 6.06. The molecule has 0 amide bonds. The fourth-order valence-corrected chi connectivity index (χ4v) is 2.80. The van der Waals surface area contributed by atoms with Crippen molar-refractivity contribution in [1.82, 2.24) is 15.2 Å². The number of aliphatic imine (C=N–C) groups is 1. The summed E-state index contributed by atoms with van der Waals surface area (Å²) in [5.41, 5.74) is 1.23. The number of hydrogen-bond donors (Lipinski definition) is 1. The maximum atomic E-state index is 13.7. The summed E-state index contributed by atoms with van der Waals surface area (Å²) in [6.07, 6.45) is 0. The van der Waals surface area contributed by atoms with Gasteiger partial charge in [0.05, 0.1) is 18.8 Å². The highest BCUT2D eigenvalue weighted by Crippen LogP contribution is 2.24. The largest absolute Gasteiger partial charge is 0.350 e. The van der Waals surface area contributed by atoms with E-state index < -0.39 is 0 Å². The van der Waals surface area contributed by atoms with Gasteiger partial charge in [0.25, 0.3) is 0 Å². The van der Waals surface area contributed by atoms with E-state index in [2.05, 4.69) is 20.2 Å². The van der Waals surface area contributed by atoms with Crippen LogP contribution < -0.4 is 5.32 Å². The van der Waals surface area contributed by atoms with E-state index in [9.17, 15) is 4.39 Å². The second-order valence-electron chi connectivity index (χ2n) is 4.59. The summed E-state index contributed by atoms with van der Waals surface area (Å²) in [4.78, 5) is 10.9. The predicted octanol–water partition coefficient (Wildman–Crippen LogP) is 2.34. The molecule has 104 valence electrons. The number of nitrogens with one attached hydrogen (secondary N) is 1. The smallest absolute Gasteiger partial charge is 0.194 e. The molecule has 0 fully saturated rings. The van der Waals surface area contributed by atoms with E-state index in [1.165, 1.54) is 17.4 Å². The van der Waals surface area contributed by atoms with Gasteiger partial charge in [-0.2, -0.15) is 0 Å². The number of nitrogens with zero attached hydrogens (tertiary/aromatic N) is 3. The summed E-state index contributed by atoms with van der Waals surface area (Å²) < 4.78 is 13.7. The van der Waals surface area contributed by atoms with Gasteiger partial charge in [0, 0.05) is 24.5 Å². The number of thiazole rings is 1. The highest BCUT2D eigenvalue weighted by Gasteiger charge is 2.13. The molecule has 1 aliphatic rings. The van der Waals surface area contributed by atoms with Crippen LogP contribution in [0.25, 0.3) is 11.3 Å². The standard InChI is InChI=1S/C14H15FN4S/c1-19-7-6-16-14(19)17-8-13-18-12(9-20-13)10-4-2-3-5-11(10)15/h2-5,9H,6-8H2,1H3,(H,16,17). The lowest BCUT2D eigenvalue weighted by Gasteiger charge is -2.14. The minimum atomic E-state index is -0.239. The normalized spacial score (nSPS) is 14.5. The monoisotopic (exact) mass is 290 g/mol. The molecule has 3 rings (SSSR count). The van der Waals surface area contributed by atoms with Crippen LogP contribution in [0.3, 0.4) is 0 Å². The maximum Gasteiger partial charge on any atom is 0.194 e. The molecule has 0 spiro atoms. The first kappa shape index (κ1) is 13.1. The zero-order valence-electron chi connectivity index (χ0n) is 11.1. The molecular formula is C14H15FN4S. The first-order chi connectivity index (χ1) is 9.74. The molecule has 0 atom stereocenters. The van der Waals surface area contributed by atoms with Gasteiger partial charge in [-0.15, -0.1) is 11.3 Å². The lowest BCUT2D eigenvalue weighted by atomic mass is 10.2. The third-order valence-corrected chi connectivity index (χ3v) is 4.01. The molecule has 2 heterocycles. The van der Waals surface area contributed by atoms with Gasteiger partial charge >= 0.3 is 0 Å². The minimum absolute atomic E-state index is 0.239. The van der Waals surface area contributed by atoms with Crippen molar-refractivity contribution >= 4 is 17.3 Å². The average molecular weight is 290 g/mol. The number of aromatic nitrogens is 1. The Labute approximate surface area is 121 Å². The number of likely N-dealkylation sites (N-methyl/N-ethyl adjacent to an activating group) is 1. The van der Waals surface area contributed by atoms with Crippen molar-refractivity contribution < 1.29 is 4.39 Å². The third-order valence-electron chi connectivity index (χ3n) is 3.16. The Bertz CT molecular complexity index is 638. The Morgan fingerprint density at radius 2 is 2.25 bits per heavy atom. The fourth-order valence-electron chi connectivity index (χ4n) is 2.06. The van der Waals surface area contributed by atoms with Crippen molar-refractivity contribution in [2.45, 2.75) is 6.54 Å². The topological polar surface area (TPSA) is 40.5 Å². The second-order valence-corrected chi connectivity index (χ2v) is 5.53. The summed E-state index contributed by atoms with van der Waals surface area (Å²) in [5.74, 6) is 0.657. The number of halogens is 1. The van der Waals surface area contributed by atoms with E-state index in [4.69, 9.17) is 0 Å². The molecule has 4 nitrogen and oxygen atoms in total. The second kappa shape index (κ2) is 5.58. The van der Waals surface area contributed by atoms with Gasteiger partial charge < -0.3 is 10.2 Å². The minimum Gasteiger partial charge on any atom is -0.350 e. The van der Waals surface area contributed by atoms with Crippen molar-refractivity contribution in [2.24, 2.45) is 4.99 Å². The quantitative estimate of drug-likeness (QED) is 0.943. The van der Waals surface area contributed by atoms with Crippen molar-refractivity contribution in [2.75, 3.05) is 20.1 Å². The summed E-state index contributed by atoms with van der Waals surface area (Å²) in [6.45, 7) is 2.39. The molecule has 1 aromatic carbocycles. The molecule has 20 heavy (non-hydrogen) atoms. The lowest BCUT2D eigenvalue weighted by molar-refractivity contribution is 0.534.